The summed E-state index contributed by atoms with van der Waals surface area (Å²) in [6, 6.07) is 6.09. The monoisotopic (exact) mass is 374 g/mol. The minimum Gasteiger partial charge on any atom is -0.347 e. The summed E-state index contributed by atoms with van der Waals surface area (Å²) in [5, 5.41) is 11.4. The van der Waals surface area contributed by atoms with Crippen molar-refractivity contribution in [3.05, 3.63) is 54.3 Å². The topological polar surface area (TPSA) is 154 Å². The van der Waals surface area contributed by atoms with Gasteiger partial charge in [-0.3, -0.25) is 9.78 Å². The van der Waals surface area contributed by atoms with E-state index in [1.54, 1.807) is 12.1 Å². The van der Waals surface area contributed by atoms with Crippen LogP contribution in [0, 0.1) is 0 Å². The van der Waals surface area contributed by atoms with Crippen LogP contribution in [-0.4, -0.2) is 41.0 Å². The summed E-state index contributed by atoms with van der Waals surface area (Å²) in [5.41, 5.74) is 1.23. The molecule has 0 saturated heterocycles. The SMILES string of the molecule is NS(=O)(=O)c1ccc(CCNC(=O)c2nc(-c3cnccn3)no2)cc1. The first kappa shape index (κ1) is 17.6. The van der Waals surface area contributed by atoms with Crippen LogP contribution in [0.15, 0.2) is 52.3 Å². The first-order chi connectivity index (χ1) is 12.4. The highest BCUT2D eigenvalue weighted by Crippen LogP contribution is 2.11. The summed E-state index contributed by atoms with van der Waals surface area (Å²) in [6.45, 7) is 0.302. The zero-order valence-electron chi connectivity index (χ0n) is 13.4. The molecule has 0 radical (unpaired) electrons. The number of primary sulfonamides is 1. The number of carbonyl (C=O) groups excluding carboxylic acids is 1. The molecule has 2 aromatic heterocycles. The molecule has 0 aliphatic carbocycles. The number of sulfonamides is 1. The Morgan fingerprint density at radius 3 is 2.62 bits per heavy atom. The maximum Gasteiger partial charge on any atom is 0.316 e. The molecule has 0 atom stereocenters. The minimum absolute atomic E-state index is 0.0349. The number of nitrogens with one attached hydrogen (secondary N) is 1. The van der Waals surface area contributed by atoms with E-state index in [1.165, 1.54) is 30.7 Å². The Morgan fingerprint density at radius 1 is 1.19 bits per heavy atom. The second kappa shape index (κ2) is 7.37. The van der Waals surface area contributed by atoms with Gasteiger partial charge in [-0.2, -0.15) is 4.98 Å². The smallest absolute Gasteiger partial charge is 0.316 e. The van der Waals surface area contributed by atoms with Crippen LogP contribution < -0.4 is 10.5 Å². The van der Waals surface area contributed by atoms with Crippen molar-refractivity contribution in [1.82, 2.24) is 25.4 Å². The van der Waals surface area contributed by atoms with Gasteiger partial charge in [0.25, 0.3) is 0 Å². The molecule has 0 saturated carbocycles. The number of nitrogens with zero attached hydrogens (tertiary/aromatic N) is 4. The van der Waals surface area contributed by atoms with Gasteiger partial charge in [-0.25, -0.2) is 18.5 Å². The van der Waals surface area contributed by atoms with Gasteiger partial charge in [-0.1, -0.05) is 17.3 Å². The molecule has 0 bridgehead atoms. The molecule has 0 aliphatic rings. The number of amides is 1. The molecule has 3 aromatic rings. The lowest BCUT2D eigenvalue weighted by Crippen LogP contribution is -2.26. The lowest BCUT2D eigenvalue weighted by Gasteiger charge is -2.04. The highest BCUT2D eigenvalue weighted by atomic mass is 32.2. The van der Waals surface area contributed by atoms with E-state index in [4.69, 9.17) is 9.66 Å². The number of aromatic nitrogens is 4. The third kappa shape index (κ3) is 4.26. The van der Waals surface area contributed by atoms with E-state index in [0.29, 0.717) is 18.7 Å². The van der Waals surface area contributed by atoms with Gasteiger partial charge in [-0.05, 0) is 24.1 Å². The van der Waals surface area contributed by atoms with Crippen molar-refractivity contribution in [2.45, 2.75) is 11.3 Å². The predicted molar refractivity (Wildman–Crippen MR) is 89.2 cm³/mol. The van der Waals surface area contributed by atoms with Crippen LogP contribution in [0.2, 0.25) is 0 Å². The summed E-state index contributed by atoms with van der Waals surface area (Å²) in [5.74, 6) is -0.536. The molecule has 0 fully saturated rings. The molecule has 1 aromatic carbocycles. The van der Waals surface area contributed by atoms with Gasteiger partial charge in [0.15, 0.2) is 0 Å². The average molecular weight is 374 g/mol. The molecule has 0 spiro atoms. The standard InChI is InChI=1S/C15H14N6O4S/c16-26(23,24)11-3-1-10(2-4-11)5-6-19-14(22)15-20-13(21-25-15)12-9-17-7-8-18-12/h1-4,7-9H,5-6H2,(H,19,22)(H2,16,23,24). The number of hydrogen-bond donors (Lipinski definition) is 2. The fourth-order valence-electron chi connectivity index (χ4n) is 2.08. The molecular formula is C15H14N6O4S. The molecule has 0 unspecified atom stereocenters. The molecule has 26 heavy (non-hydrogen) atoms. The normalized spacial score (nSPS) is 11.3. The van der Waals surface area contributed by atoms with Crippen LogP contribution in [0.3, 0.4) is 0 Å². The first-order valence-corrected chi connectivity index (χ1v) is 8.98. The number of benzene rings is 1. The summed E-state index contributed by atoms with van der Waals surface area (Å²) in [4.78, 5) is 23.9. The Bertz CT molecular complexity index is 1000. The van der Waals surface area contributed by atoms with Crippen LogP contribution in [0.25, 0.3) is 11.5 Å². The summed E-state index contributed by atoms with van der Waals surface area (Å²) in [6.07, 6.45) is 4.93. The predicted octanol–water partition coefficient (Wildman–Crippen LogP) is 0.146. The molecule has 10 nitrogen and oxygen atoms in total. The van der Waals surface area contributed by atoms with Crippen molar-refractivity contribution in [2.24, 2.45) is 5.14 Å². The molecule has 3 N–H and O–H groups in total. The third-order valence-electron chi connectivity index (χ3n) is 3.36. The Kier molecular flexibility index (Phi) is 5.00. The second-order valence-corrected chi connectivity index (χ2v) is 6.77. The molecular weight excluding hydrogens is 360 g/mol. The number of carbonyl (C=O) groups is 1. The van der Waals surface area contributed by atoms with E-state index in [1.807, 2.05) is 0 Å². The quantitative estimate of drug-likeness (QED) is 0.618. The summed E-state index contributed by atoms with van der Waals surface area (Å²) >= 11 is 0. The van der Waals surface area contributed by atoms with E-state index < -0.39 is 15.9 Å². The lowest BCUT2D eigenvalue weighted by atomic mass is 10.1. The van der Waals surface area contributed by atoms with E-state index >= 15 is 0 Å². The van der Waals surface area contributed by atoms with Gasteiger partial charge < -0.3 is 9.84 Å². The van der Waals surface area contributed by atoms with Gasteiger partial charge in [0.05, 0.1) is 11.1 Å². The van der Waals surface area contributed by atoms with Crippen molar-refractivity contribution in [2.75, 3.05) is 6.54 Å². The number of nitrogens with two attached hydrogens (primary N) is 1. The van der Waals surface area contributed by atoms with Crippen LogP contribution in [0.5, 0.6) is 0 Å². The van der Waals surface area contributed by atoms with E-state index in [9.17, 15) is 13.2 Å². The number of rotatable bonds is 6. The molecule has 0 aliphatic heterocycles. The fourth-order valence-corrected chi connectivity index (χ4v) is 2.59. The van der Waals surface area contributed by atoms with Gasteiger partial charge in [0, 0.05) is 18.9 Å². The summed E-state index contributed by atoms with van der Waals surface area (Å²) < 4.78 is 27.3. The Labute approximate surface area is 148 Å². The lowest BCUT2D eigenvalue weighted by molar-refractivity contribution is 0.0910. The molecule has 134 valence electrons. The summed E-state index contributed by atoms with van der Waals surface area (Å²) in [7, 11) is -3.72. The van der Waals surface area contributed by atoms with Gasteiger partial charge >= 0.3 is 11.8 Å². The third-order valence-corrected chi connectivity index (χ3v) is 4.29. The molecule has 2 heterocycles. The van der Waals surface area contributed by atoms with Crippen molar-refractivity contribution in [3.8, 4) is 11.5 Å². The maximum atomic E-state index is 12.0. The Balaban J connectivity index is 1.55. The van der Waals surface area contributed by atoms with Gasteiger partial charge in [0.1, 0.15) is 5.69 Å². The largest absolute Gasteiger partial charge is 0.347 e. The average Bonchev–Trinajstić information content (AvgIpc) is 3.12. The Hall–Kier alpha value is -3.18. The van der Waals surface area contributed by atoms with Crippen molar-refractivity contribution in [1.29, 1.82) is 0 Å². The zero-order valence-corrected chi connectivity index (χ0v) is 14.2. The fraction of sp³-hybridized carbons (Fsp3) is 0.133. The Morgan fingerprint density at radius 2 is 1.96 bits per heavy atom. The van der Waals surface area contributed by atoms with Crippen molar-refractivity contribution >= 4 is 15.9 Å². The van der Waals surface area contributed by atoms with Crippen LogP contribution in [0.1, 0.15) is 16.2 Å². The highest BCUT2D eigenvalue weighted by Gasteiger charge is 2.16. The minimum atomic E-state index is -3.72. The number of hydrogen-bond acceptors (Lipinski definition) is 8. The molecule has 1 amide bonds. The highest BCUT2D eigenvalue weighted by molar-refractivity contribution is 7.89. The second-order valence-electron chi connectivity index (χ2n) is 5.21. The maximum absolute atomic E-state index is 12.0. The van der Waals surface area contributed by atoms with Gasteiger partial charge in [0.2, 0.25) is 15.8 Å². The van der Waals surface area contributed by atoms with Crippen LogP contribution >= 0.6 is 0 Å². The van der Waals surface area contributed by atoms with E-state index in [2.05, 4.69) is 25.4 Å². The first-order valence-electron chi connectivity index (χ1n) is 7.43. The van der Waals surface area contributed by atoms with Crippen LogP contribution in [0.4, 0.5) is 0 Å². The van der Waals surface area contributed by atoms with Gasteiger partial charge in [-0.15, -0.1) is 0 Å². The van der Waals surface area contributed by atoms with Crippen molar-refractivity contribution in [3.63, 3.8) is 0 Å². The molecule has 3 rings (SSSR count). The van der Waals surface area contributed by atoms with Crippen molar-refractivity contribution < 1.29 is 17.7 Å². The van der Waals surface area contributed by atoms with E-state index in [-0.39, 0.29) is 16.6 Å². The van der Waals surface area contributed by atoms with Crippen LogP contribution in [-0.2, 0) is 16.4 Å². The van der Waals surface area contributed by atoms with E-state index in [0.717, 1.165) is 5.56 Å². The molecule has 11 heteroatoms. The zero-order chi connectivity index (χ0) is 18.6.